The van der Waals surface area contributed by atoms with Gasteiger partial charge in [0.05, 0.1) is 11.1 Å². The van der Waals surface area contributed by atoms with Gasteiger partial charge in [0, 0.05) is 0 Å². The molecule has 0 N–H and O–H groups in total. The van der Waals surface area contributed by atoms with Gasteiger partial charge in [-0.1, -0.05) is 0 Å². The van der Waals surface area contributed by atoms with Gasteiger partial charge in [-0.2, -0.15) is 13.2 Å². The lowest BCUT2D eigenvalue weighted by atomic mass is 10.00. The molecule has 1 aromatic rings. The number of hydrogen-bond donors (Lipinski definition) is 0. The number of halogens is 5. The van der Waals surface area contributed by atoms with Crippen LogP contribution in [-0.4, -0.2) is 5.24 Å². The van der Waals surface area contributed by atoms with Crippen molar-refractivity contribution < 1.29 is 22.4 Å². The molecule has 0 amide bonds. The Kier molecular flexibility index (Phi) is 2.89. The summed E-state index contributed by atoms with van der Waals surface area (Å²) in [6.45, 7) is 0. The van der Waals surface area contributed by atoms with E-state index >= 15 is 0 Å². The fourth-order valence-electron chi connectivity index (χ4n) is 1.72. The zero-order valence-corrected chi connectivity index (χ0v) is 9.20. The standard InChI is InChI=1S/C11H7ClF4O/c12-10(17)9-7(5-1-2-5)3-6(4-8(9)13)11(14,15)16/h3-5H,1-2H2. The predicted octanol–water partition coefficient (Wildman–Crippen LogP) is 4.10. The summed E-state index contributed by atoms with van der Waals surface area (Å²) in [5, 5.41) is -1.06. The van der Waals surface area contributed by atoms with Gasteiger partial charge in [-0.05, 0) is 48.1 Å². The Labute approximate surface area is 99.4 Å². The first-order chi connectivity index (χ1) is 7.80. The Hall–Kier alpha value is -1.10. The van der Waals surface area contributed by atoms with Crippen molar-refractivity contribution >= 4 is 16.8 Å². The molecule has 1 saturated carbocycles. The topological polar surface area (TPSA) is 17.1 Å². The zero-order valence-electron chi connectivity index (χ0n) is 8.44. The minimum absolute atomic E-state index is 0.0670. The van der Waals surface area contributed by atoms with Crippen molar-refractivity contribution in [2.75, 3.05) is 0 Å². The molecule has 0 spiro atoms. The molecule has 1 nitrogen and oxygen atoms in total. The summed E-state index contributed by atoms with van der Waals surface area (Å²) in [5.41, 5.74) is -1.45. The maximum Gasteiger partial charge on any atom is 0.416 e. The summed E-state index contributed by atoms with van der Waals surface area (Å²) >= 11 is 5.19. The summed E-state index contributed by atoms with van der Waals surface area (Å²) in [5.74, 6) is -1.40. The molecule has 92 valence electrons. The van der Waals surface area contributed by atoms with Crippen LogP contribution in [0.4, 0.5) is 17.6 Å². The number of alkyl halides is 3. The normalized spacial score (nSPS) is 16.1. The lowest BCUT2D eigenvalue weighted by Crippen LogP contribution is -2.10. The van der Waals surface area contributed by atoms with Crippen LogP contribution < -0.4 is 0 Å². The largest absolute Gasteiger partial charge is 0.416 e. The Morgan fingerprint density at radius 3 is 2.29 bits per heavy atom. The van der Waals surface area contributed by atoms with Crippen LogP contribution in [0, 0.1) is 5.82 Å². The van der Waals surface area contributed by atoms with E-state index in [2.05, 4.69) is 0 Å². The first kappa shape index (κ1) is 12.4. The quantitative estimate of drug-likeness (QED) is 0.582. The predicted molar refractivity (Wildman–Crippen MR) is 53.6 cm³/mol. The molecule has 0 unspecified atom stereocenters. The average Bonchev–Trinajstić information content (AvgIpc) is 2.96. The smallest absolute Gasteiger partial charge is 0.275 e. The van der Waals surface area contributed by atoms with E-state index in [-0.39, 0.29) is 11.5 Å². The lowest BCUT2D eigenvalue weighted by Gasteiger charge is -2.12. The minimum atomic E-state index is -4.63. The molecule has 1 fully saturated rings. The Morgan fingerprint density at radius 2 is 1.88 bits per heavy atom. The van der Waals surface area contributed by atoms with Crippen LogP contribution in [0.3, 0.4) is 0 Å². The van der Waals surface area contributed by atoms with Crippen molar-refractivity contribution in [3.05, 3.63) is 34.6 Å². The summed E-state index contributed by atoms with van der Waals surface area (Å²) in [4.78, 5) is 11.0. The van der Waals surface area contributed by atoms with Gasteiger partial charge in [-0.25, -0.2) is 4.39 Å². The summed E-state index contributed by atoms with van der Waals surface area (Å²) in [6, 6.07) is 1.12. The molecular formula is C11H7ClF4O. The fourth-order valence-corrected chi connectivity index (χ4v) is 1.91. The van der Waals surface area contributed by atoms with E-state index in [1.165, 1.54) is 0 Å². The van der Waals surface area contributed by atoms with Gasteiger partial charge in [-0.3, -0.25) is 4.79 Å². The Balaban J connectivity index is 2.60. The van der Waals surface area contributed by atoms with E-state index in [0.717, 1.165) is 6.07 Å². The maximum absolute atomic E-state index is 13.5. The highest BCUT2D eigenvalue weighted by molar-refractivity contribution is 6.68. The van der Waals surface area contributed by atoms with Crippen LogP contribution >= 0.6 is 11.6 Å². The second kappa shape index (κ2) is 3.98. The Morgan fingerprint density at radius 1 is 1.29 bits per heavy atom. The molecule has 6 heteroatoms. The summed E-state index contributed by atoms with van der Waals surface area (Å²) in [6.07, 6.45) is -3.33. The number of benzene rings is 1. The first-order valence-electron chi connectivity index (χ1n) is 4.91. The van der Waals surface area contributed by atoms with Crippen LogP contribution in [-0.2, 0) is 6.18 Å². The van der Waals surface area contributed by atoms with Gasteiger partial charge in [0.1, 0.15) is 5.82 Å². The van der Waals surface area contributed by atoms with E-state index < -0.39 is 28.4 Å². The molecule has 0 heterocycles. The minimum Gasteiger partial charge on any atom is -0.275 e. The lowest BCUT2D eigenvalue weighted by molar-refractivity contribution is -0.137. The first-order valence-corrected chi connectivity index (χ1v) is 5.29. The second-order valence-electron chi connectivity index (χ2n) is 3.97. The molecule has 0 radical (unpaired) electrons. The van der Waals surface area contributed by atoms with E-state index in [1.54, 1.807) is 0 Å². The molecule has 0 bridgehead atoms. The van der Waals surface area contributed by atoms with E-state index in [9.17, 15) is 22.4 Å². The molecule has 1 aliphatic rings. The van der Waals surface area contributed by atoms with Gasteiger partial charge in [0.2, 0.25) is 0 Å². The highest BCUT2D eigenvalue weighted by Gasteiger charge is 2.36. The van der Waals surface area contributed by atoms with Crippen LogP contribution in [0.25, 0.3) is 0 Å². The molecule has 0 aromatic heterocycles. The third-order valence-corrected chi connectivity index (χ3v) is 2.85. The van der Waals surface area contributed by atoms with Crippen LogP contribution in [0.2, 0.25) is 0 Å². The maximum atomic E-state index is 13.5. The number of rotatable bonds is 2. The third kappa shape index (κ3) is 2.44. The monoisotopic (exact) mass is 266 g/mol. The van der Waals surface area contributed by atoms with Crippen molar-refractivity contribution in [2.24, 2.45) is 0 Å². The molecule has 1 aromatic carbocycles. The Bertz CT molecular complexity index is 477. The highest BCUT2D eigenvalue weighted by Crippen LogP contribution is 2.44. The SMILES string of the molecule is O=C(Cl)c1c(F)cc(C(F)(F)F)cc1C1CC1. The van der Waals surface area contributed by atoms with Crippen LogP contribution in [0.15, 0.2) is 12.1 Å². The number of carbonyl (C=O) groups is 1. The van der Waals surface area contributed by atoms with Crippen LogP contribution in [0.1, 0.15) is 40.2 Å². The molecule has 0 aliphatic heterocycles. The van der Waals surface area contributed by atoms with Gasteiger partial charge >= 0.3 is 6.18 Å². The van der Waals surface area contributed by atoms with Crippen LogP contribution in [0.5, 0.6) is 0 Å². The fraction of sp³-hybridized carbons (Fsp3) is 0.364. The number of hydrogen-bond acceptors (Lipinski definition) is 1. The molecule has 17 heavy (non-hydrogen) atoms. The molecule has 1 aliphatic carbocycles. The summed E-state index contributed by atoms with van der Waals surface area (Å²) < 4.78 is 50.9. The molecular weight excluding hydrogens is 260 g/mol. The highest BCUT2D eigenvalue weighted by atomic mass is 35.5. The average molecular weight is 267 g/mol. The van der Waals surface area contributed by atoms with Crippen molar-refractivity contribution in [3.8, 4) is 0 Å². The molecule has 0 saturated heterocycles. The summed E-state index contributed by atoms with van der Waals surface area (Å²) in [7, 11) is 0. The van der Waals surface area contributed by atoms with Gasteiger partial charge in [0.15, 0.2) is 0 Å². The third-order valence-electron chi connectivity index (χ3n) is 2.66. The van der Waals surface area contributed by atoms with E-state index in [4.69, 9.17) is 11.6 Å². The molecule has 0 atom stereocenters. The van der Waals surface area contributed by atoms with Gasteiger partial charge in [0.25, 0.3) is 5.24 Å². The second-order valence-corrected chi connectivity index (χ2v) is 4.31. The van der Waals surface area contributed by atoms with Gasteiger partial charge < -0.3 is 0 Å². The van der Waals surface area contributed by atoms with Crippen molar-refractivity contribution in [1.29, 1.82) is 0 Å². The van der Waals surface area contributed by atoms with Gasteiger partial charge in [-0.15, -0.1) is 0 Å². The van der Waals surface area contributed by atoms with E-state index in [0.29, 0.717) is 18.9 Å². The molecule has 2 rings (SSSR count). The van der Waals surface area contributed by atoms with Crippen molar-refractivity contribution in [2.45, 2.75) is 24.9 Å². The van der Waals surface area contributed by atoms with Crippen molar-refractivity contribution in [3.63, 3.8) is 0 Å². The van der Waals surface area contributed by atoms with E-state index in [1.807, 2.05) is 0 Å². The number of carbonyl (C=O) groups excluding carboxylic acids is 1. The van der Waals surface area contributed by atoms with Crippen molar-refractivity contribution in [1.82, 2.24) is 0 Å². The zero-order chi connectivity index (χ0) is 12.8.